The molecule has 0 unspecified atom stereocenters. The second-order valence-corrected chi connectivity index (χ2v) is 6.65. The fourth-order valence-electron chi connectivity index (χ4n) is 2.01. The maximum atomic E-state index is 12.2. The highest BCUT2D eigenvalue weighted by Crippen LogP contribution is 2.12. The summed E-state index contributed by atoms with van der Waals surface area (Å²) in [6.45, 7) is 5.54. The maximum absolute atomic E-state index is 12.2. The van der Waals surface area contributed by atoms with E-state index in [0.29, 0.717) is 6.54 Å². The Balaban J connectivity index is 2.04. The molecule has 0 spiro atoms. The highest BCUT2D eigenvalue weighted by Gasteiger charge is 2.16. The fraction of sp³-hybridized carbons (Fsp3) is 0.462. The third-order valence-corrected chi connectivity index (χ3v) is 4.54. The molecule has 0 aliphatic rings. The molecule has 0 radical (unpaired) electrons. The number of aryl methyl sites for hydroxylation is 2. The minimum atomic E-state index is -3.52. The molecule has 7 nitrogen and oxygen atoms in total. The van der Waals surface area contributed by atoms with Crippen molar-refractivity contribution in [1.29, 1.82) is 0 Å². The van der Waals surface area contributed by atoms with Crippen LogP contribution >= 0.6 is 0 Å². The standard InChI is InChI=1S/C13H21N5O2S/c1-4-14-7-12-5-13(8-15-12)21(19,20)16-6-11-9-18(3)17-10(11)2/h5,8-9,14-16H,4,6-7H2,1-3H3. The molecule has 3 N–H and O–H groups in total. The van der Waals surface area contributed by atoms with Gasteiger partial charge in [0.1, 0.15) is 0 Å². The maximum Gasteiger partial charge on any atom is 0.242 e. The van der Waals surface area contributed by atoms with Crippen molar-refractivity contribution in [2.75, 3.05) is 6.54 Å². The Morgan fingerprint density at radius 3 is 2.76 bits per heavy atom. The van der Waals surface area contributed by atoms with E-state index in [4.69, 9.17) is 0 Å². The molecular formula is C13H21N5O2S. The summed E-state index contributed by atoms with van der Waals surface area (Å²) in [5, 5.41) is 7.33. The van der Waals surface area contributed by atoms with Gasteiger partial charge in [-0.05, 0) is 19.5 Å². The quantitative estimate of drug-likeness (QED) is 0.700. The molecule has 0 saturated heterocycles. The minimum absolute atomic E-state index is 0.232. The molecule has 0 aliphatic carbocycles. The molecule has 0 fully saturated rings. The van der Waals surface area contributed by atoms with Crippen LogP contribution in [0, 0.1) is 6.92 Å². The molecule has 0 saturated carbocycles. The topological polar surface area (TPSA) is 91.8 Å². The fourth-order valence-corrected chi connectivity index (χ4v) is 3.04. The molecule has 0 atom stereocenters. The SMILES string of the molecule is CCNCc1cc(S(=O)(=O)NCc2cn(C)nc2C)c[nH]1. The minimum Gasteiger partial charge on any atom is -0.363 e. The van der Waals surface area contributed by atoms with Crippen LogP contribution in [-0.2, 0) is 30.2 Å². The van der Waals surface area contributed by atoms with Crippen molar-refractivity contribution in [3.8, 4) is 0 Å². The van der Waals surface area contributed by atoms with Crippen LogP contribution in [0.5, 0.6) is 0 Å². The number of aromatic nitrogens is 3. The zero-order valence-corrected chi connectivity index (χ0v) is 13.3. The van der Waals surface area contributed by atoms with Gasteiger partial charge in [0.25, 0.3) is 0 Å². The first-order valence-corrected chi connectivity index (χ1v) is 8.27. The Hall–Kier alpha value is -1.64. The van der Waals surface area contributed by atoms with Gasteiger partial charge in [-0.15, -0.1) is 0 Å². The number of aromatic amines is 1. The summed E-state index contributed by atoms with van der Waals surface area (Å²) >= 11 is 0. The summed E-state index contributed by atoms with van der Waals surface area (Å²) in [4.78, 5) is 3.21. The lowest BCUT2D eigenvalue weighted by atomic mass is 10.3. The second-order valence-electron chi connectivity index (χ2n) is 4.88. The van der Waals surface area contributed by atoms with Gasteiger partial charge in [-0.3, -0.25) is 4.68 Å². The van der Waals surface area contributed by atoms with Crippen LogP contribution in [0.1, 0.15) is 23.9 Å². The van der Waals surface area contributed by atoms with Crippen LogP contribution < -0.4 is 10.0 Å². The van der Waals surface area contributed by atoms with Crippen molar-refractivity contribution in [3.05, 3.63) is 35.4 Å². The van der Waals surface area contributed by atoms with E-state index >= 15 is 0 Å². The van der Waals surface area contributed by atoms with Crippen LogP contribution in [0.2, 0.25) is 0 Å². The number of sulfonamides is 1. The van der Waals surface area contributed by atoms with Gasteiger partial charge in [-0.2, -0.15) is 5.10 Å². The van der Waals surface area contributed by atoms with Gasteiger partial charge in [0.2, 0.25) is 10.0 Å². The van der Waals surface area contributed by atoms with E-state index in [1.807, 2.05) is 27.1 Å². The third kappa shape index (κ3) is 3.93. The van der Waals surface area contributed by atoms with E-state index in [1.165, 1.54) is 6.20 Å². The number of nitrogens with zero attached hydrogens (tertiary/aromatic N) is 2. The van der Waals surface area contributed by atoms with Crippen molar-refractivity contribution in [2.24, 2.45) is 7.05 Å². The Kier molecular flexibility index (Phi) is 4.81. The van der Waals surface area contributed by atoms with E-state index < -0.39 is 10.0 Å². The first-order chi connectivity index (χ1) is 9.92. The van der Waals surface area contributed by atoms with Crippen molar-refractivity contribution in [3.63, 3.8) is 0 Å². The van der Waals surface area contributed by atoms with Crippen LogP contribution in [0.25, 0.3) is 0 Å². The van der Waals surface area contributed by atoms with Crippen LogP contribution in [-0.4, -0.2) is 29.7 Å². The molecule has 8 heteroatoms. The van der Waals surface area contributed by atoms with Gasteiger partial charge in [0, 0.05) is 43.8 Å². The van der Waals surface area contributed by atoms with E-state index in [0.717, 1.165) is 23.5 Å². The van der Waals surface area contributed by atoms with Crippen molar-refractivity contribution < 1.29 is 8.42 Å². The molecule has 0 aromatic carbocycles. The molecule has 21 heavy (non-hydrogen) atoms. The highest BCUT2D eigenvalue weighted by molar-refractivity contribution is 7.89. The lowest BCUT2D eigenvalue weighted by molar-refractivity contribution is 0.581. The number of nitrogens with one attached hydrogen (secondary N) is 3. The summed E-state index contributed by atoms with van der Waals surface area (Å²) in [7, 11) is -1.71. The molecule has 2 heterocycles. The number of hydrogen-bond acceptors (Lipinski definition) is 4. The first-order valence-electron chi connectivity index (χ1n) is 6.79. The highest BCUT2D eigenvalue weighted by atomic mass is 32.2. The predicted molar refractivity (Wildman–Crippen MR) is 80.1 cm³/mol. The molecular weight excluding hydrogens is 290 g/mol. The monoisotopic (exact) mass is 311 g/mol. The van der Waals surface area contributed by atoms with Crippen LogP contribution in [0.15, 0.2) is 23.4 Å². The van der Waals surface area contributed by atoms with Crippen molar-refractivity contribution >= 4 is 10.0 Å². The molecule has 2 aromatic heterocycles. The average Bonchev–Trinajstić information content (AvgIpc) is 3.01. The summed E-state index contributed by atoms with van der Waals surface area (Å²) in [5.41, 5.74) is 2.53. The molecule has 116 valence electrons. The number of rotatable bonds is 7. The van der Waals surface area contributed by atoms with E-state index in [2.05, 4.69) is 20.1 Å². The zero-order valence-electron chi connectivity index (χ0n) is 12.5. The van der Waals surface area contributed by atoms with Gasteiger partial charge < -0.3 is 10.3 Å². The third-order valence-electron chi connectivity index (χ3n) is 3.16. The van der Waals surface area contributed by atoms with Gasteiger partial charge >= 0.3 is 0 Å². The van der Waals surface area contributed by atoms with Crippen LogP contribution in [0.3, 0.4) is 0 Å². The molecule has 2 aromatic rings. The van der Waals surface area contributed by atoms with E-state index in [-0.39, 0.29) is 11.4 Å². The Labute approximate surface area is 124 Å². The Morgan fingerprint density at radius 2 is 2.14 bits per heavy atom. The largest absolute Gasteiger partial charge is 0.363 e. The number of H-pyrrole nitrogens is 1. The predicted octanol–water partition coefficient (Wildman–Crippen LogP) is 0.645. The lowest BCUT2D eigenvalue weighted by Gasteiger charge is -2.03. The van der Waals surface area contributed by atoms with Gasteiger partial charge in [0.05, 0.1) is 10.6 Å². The normalized spacial score (nSPS) is 12.0. The first kappa shape index (κ1) is 15.7. The summed E-state index contributed by atoms with van der Waals surface area (Å²) in [5.74, 6) is 0. The molecule has 2 rings (SSSR count). The Morgan fingerprint density at radius 1 is 1.38 bits per heavy atom. The smallest absolute Gasteiger partial charge is 0.242 e. The van der Waals surface area contributed by atoms with Gasteiger partial charge in [-0.1, -0.05) is 6.92 Å². The van der Waals surface area contributed by atoms with Crippen LogP contribution in [0.4, 0.5) is 0 Å². The van der Waals surface area contributed by atoms with Gasteiger partial charge in [-0.25, -0.2) is 13.1 Å². The average molecular weight is 311 g/mol. The molecule has 0 bridgehead atoms. The molecule has 0 amide bonds. The summed E-state index contributed by atoms with van der Waals surface area (Å²) in [6, 6.07) is 1.64. The van der Waals surface area contributed by atoms with E-state index in [1.54, 1.807) is 10.7 Å². The number of hydrogen-bond donors (Lipinski definition) is 3. The van der Waals surface area contributed by atoms with E-state index in [9.17, 15) is 8.42 Å². The lowest BCUT2D eigenvalue weighted by Crippen LogP contribution is -2.23. The van der Waals surface area contributed by atoms with Gasteiger partial charge in [0.15, 0.2) is 0 Å². The second kappa shape index (κ2) is 6.42. The molecule has 0 aliphatic heterocycles. The van der Waals surface area contributed by atoms with Crippen molar-refractivity contribution in [2.45, 2.75) is 31.8 Å². The van der Waals surface area contributed by atoms with Crippen molar-refractivity contribution in [1.82, 2.24) is 24.8 Å². The Bertz CT molecular complexity index is 702. The summed E-state index contributed by atoms with van der Waals surface area (Å²) < 4.78 is 28.7. The summed E-state index contributed by atoms with van der Waals surface area (Å²) in [6.07, 6.45) is 3.32. The zero-order chi connectivity index (χ0) is 15.5.